The molecule has 4 nitrogen and oxygen atoms in total. The summed E-state index contributed by atoms with van der Waals surface area (Å²) in [5.74, 6) is -0.0496. The SMILES string of the molecule is CCN1CCN(c2ccccc2NC(=O)c2cc(C)cc(C)c2)CC1. The number of anilines is 2. The fourth-order valence-corrected chi connectivity index (χ4v) is 3.46. The highest BCUT2D eigenvalue weighted by Gasteiger charge is 2.19. The molecular formula is C21H27N3O. The molecule has 0 unspecified atom stereocenters. The summed E-state index contributed by atoms with van der Waals surface area (Å²) in [6.45, 7) is 11.4. The molecule has 1 heterocycles. The van der Waals surface area contributed by atoms with E-state index >= 15 is 0 Å². The maximum atomic E-state index is 12.7. The Morgan fingerprint density at radius 2 is 1.64 bits per heavy atom. The zero-order valence-electron chi connectivity index (χ0n) is 15.4. The normalized spacial score (nSPS) is 15.2. The molecule has 0 atom stereocenters. The maximum Gasteiger partial charge on any atom is 0.255 e. The average molecular weight is 337 g/mol. The third-order valence-electron chi connectivity index (χ3n) is 4.80. The Balaban J connectivity index is 1.78. The van der Waals surface area contributed by atoms with Gasteiger partial charge in [0.1, 0.15) is 0 Å². The lowest BCUT2D eigenvalue weighted by molar-refractivity contribution is 0.102. The maximum absolute atomic E-state index is 12.7. The molecular weight excluding hydrogens is 310 g/mol. The van der Waals surface area contributed by atoms with Gasteiger partial charge < -0.3 is 15.1 Å². The van der Waals surface area contributed by atoms with E-state index < -0.39 is 0 Å². The summed E-state index contributed by atoms with van der Waals surface area (Å²) in [7, 11) is 0. The van der Waals surface area contributed by atoms with Gasteiger partial charge in [0.15, 0.2) is 0 Å². The smallest absolute Gasteiger partial charge is 0.255 e. The third kappa shape index (κ3) is 4.20. The molecule has 0 bridgehead atoms. The summed E-state index contributed by atoms with van der Waals surface area (Å²) in [6, 6.07) is 14.0. The molecule has 1 saturated heterocycles. The summed E-state index contributed by atoms with van der Waals surface area (Å²) >= 11 is 0. The zero-order valence-corrected chi connectivity index (χ0v) is 15.4. The molecule has 0 aliphatic carbocycles. The number of para-hydroxylation sites is 2. The first-order chi connectivity index (χ1) is 12.1. The van der Waals surface area contributed by atoms with Crippen LogP contribution >= 0.6 is 0 Å². The lowest BCUT2D eigenvalue weighted by Gasteiger charge is -2.36. The monoisotopic (exact) mass is 337 g/mol. The summed E-state index contributed by atoms with van der Waals surface area (Å²) in [5, 5.41) is 3.11. The number of carbonyl (C=O) groups excluding carboxylic acids is 1. The predicted molar refractivity (Wildman–Crippen MR) is 105 cm³/mol. The van der Waals surface area contributed by atoms with Crippen molar-refractivity contribution in [2.24, 2.45) is 0 Å². The molecule has 0 spiro atoms. The van der Waals surface area contributed by atoms with Crippen molar-refractivity contribution in [3.63, 3.8) is 0 Å². The van der Waals surface area contributed by atoms with E-state index in [9.17, 15) is 4.79 Å². The van der Waals surface area contributed by atoms with Gasteiger partial charge in [0.2, 0.25) is 0 Å². The summed E-state index contributed by atoms with van der Waals surface area (Å²) in [4.78, 5) is 17.5. The van der Waals surface area contributed by atoms with Crippen molar-refractivity contribution >= 4 is 17.3 Å². The van der Waals surface area contributed by atoms with E-state index in [1.807, 2.05) is 44.2 Å². The van der Waals surface area contributed by atoms with Crippen molar-refractivity contribution in [1.82, 2.24) is 4.90 Å². The van der Waals surface area contributed by atoms with Gasteiger partial charge in [-0.1, -0.05) is 36.2 Å². The van der Waals surface area contributed by atoms with Crippen LogP contribution in [0, 0.1) is 13.8 Å². The van der Waals surface area contributed by atoms with Crippen molar-refractivity contribution < 1.29 is 4.79 Å². The van der Waals surface area contributed by atoms with Crippen LogP contribution < -0.4 is 10.2 Å². The number of likely N-dealkylation sites (N-methyl/N-ethyl adjacent to an activating group) is 1. The van der Waals surface area contributed by atoms with Gasteiger partial charge in [-0.25, -0.2) is 0 Å². The number of amides is 1. The van der Waals surface area contributed by atoms with Crippen molar-refractivity contribution in [2.45, 2.75) is 20.8 Å². The Morgan fingerprint density at radius 3 is 2.28 bits per heavy atom. The first kappa shape index (κ1) is 17.5. The Kier molecular flexibility index (Phi) is 5.39. The summed E-state index contributed by atoms with van der Waals surface area (Å²) in [5.41, 5.74) is 4.92. The standard InChI is InChI=1S/C21H27N3O/c1-4-23-9-11-24(12-10-23)20-8-6-5-7-19(20)22-21(25)18-14-16(2)13-17(3)15-18/h5-8,13-15H,4,9-12H2,1-3H3,(H,22,25). The minimum atomic E-state index is -0.0496. The Bertz CT molecular complexity index is 728. The van der Waals surface area contributed by atoms with Crippen LogP contribution in [-0.4, -0.2) is 43.5 Å². The van der Waals surface area contributed by atoms with E-state index in [1.54, 1.807) is 0 Å². The summed E-state index contributed by atoms with van der Waals surface area (Å²) in [6.07, 6.45) is 0. The van der Waals surface area contributed by atoms with Crippen LogP contribution in [0.2, 0.25) is 0 Å². The van der Waals surface area contributed by atoms with E-state index in [0.29, 0.717) is 5.56 Å². The van der Waals surface area contributed by atoms with Gasteiger partial charge in [-0.15, -0.1) is 0 Å². The van der Waals surface area contributed by atoms with Crippen molar-refractivity contribution in [3.8, 4) is 0 Å². The number of nitrogens with zero attached hydrogens (tertiary/aromatic N) is 2. The molecule has 1 aliphatic rings. The lowest BCUT2D eigenvalue weighted by Crippen LogP contribution is -2.46. The van der Waals surface area contributed by atoms with E-state index in [2.05, 4.69) is 34.2 Å². The fourth-order valence-electron chi connectivity index (χ4n) is 3.46. The molecule has 1 fully saturated rings. The second kappa shape index (κ2) is 7.70. The number of hydrogen-bond donors (Lipinski definition) is 1. The number of aryl methyl sites for hydroxylation is 2. The molecule has 1 N–H and O–H groups in total. The van der Waals surface area contributed by atoms with Crippen LogP contribution in [0.5, 0.6) is 0 Å². The number of piperazine rings is 1. The highest BCUT2D eigenvalue weighted by molar-refractivity contribution is 6.06. The molecule has 0 aromatic heterocycles. The molecule has 3 rings (SSSR count). The highest BCUT2D eigenvalue weighted by atomic mass is 16.1. The van der Waals surface area contributed by atoms with Crippen LogP contribution in [0.15, 0.2) is 42.5 Å². The van der Waals surface area contributed by atoms with Crippen molar-refractivity contribution in [1.29, 1.82) is 0 Å². The van der Waals surface area contributed by atoms with Gasteiger partial charge in [0.25, 0.3) is 5.91 Å². The molecule has 0 radical (unpaired) electrons. The Morgan fingerprint density at radius 1 is 1.00 bits per heavy atom. The average Bonchev–Trinajstić information content (AvgIpc) is 2.61. The fraction of sp³-hybridized carbons (Fsp3) is 0.381. The third-order valence-corrected chi connectivity index (χ3v) is 4.80. The largest absolute Gasteiger partial charge is 0.367 e. The van der Waals surface area contributed by atoms with Crippen LogP contribution in [0.25, 0.3) is 0 Å². The van der Waals surface area contributed by atoms with Gasteiger partial charge in [0.05, 0.1) is 11.4 Å². The van der Waals surface area contributed by atoms with E-state index in [0.717, 1.165) is 55.2 Å². The van der Waals surface area contributed by atoms with Gasteiger partial charge >= 0.3 is 0 Å². The molecule has 0 saturated carbocycles. The number of hydrogen-bond acceptors (Lipinski definition) is 3. The molecule has 4 heteroatoms. The van der Waals surface area contributed by atoms with Gasteiger partial charge in [-0.2, -0.15) is 0 Å². The lowest BCUT2D eigenvalue weighted by atomic mass is 10.1. The van der Waals surface area contributed by atoms with Gasteiger partial charge in [0, 0.05) is 31.7 Å². The molecule has 132 valence electrons. The first-order valence-corrected chi connectivity index (χ1v) is 9.03. The van der Waals surface area contributed by atoms with E-state index in [1.165, 1.54) is 0 Å². The number of nitrogens with one attached hydrogen (secondary N) is 1. The van der Waals surface area contributed by atoms with Crippen molar-refractivity contribution in [3.05, 3.63) is 59.2 Å². The topological polar surface area (TPSA) is 35.6 Å². The summed E-state index contributed by atoms with van der Waals surface area (Å²) < 4.78 is 0. The minimum absolute atomic E-state index is 0.0496. The zero-order chi connectivity index (χ0) is 17.8. The number of benzene rings is 2. The Labute approximate surface area is 150 Å². The molecule has 2 aromatic carbocycles. The van der Waals surface area contributed by atoms with Gasteiger partial charge in [-0.3, -0.25) is 4.79 Å². The number of rotatable bonds is 4. The Hall–Kier alpha value is -2.33. The molecule has 1 aliphatic heterocycles. The quantitative estimate of drug-likeness (QED) is 0.924. The molecule has 2 aromatic rings. The van der Waals surface area contributed by atoms with Crippen molar-refractivity contribution in [2.75, 3.05) is 42.9 Å². The van der Waals surface area contributed by atoms with E-state index in [4.69, 9.17) is 0 Å². The highest BCUT2D eigenvalue weighted by Crippen LogP contribution is 2.27. The van der Waals surface area contributed by atoms with Gasteiger partial charge in [-0.05, 0) is 44.7 Å². The number of carbonyl (C=O) groups is 1. The predicted octanol–water partition coefficient (Wildman–Crippen LogP) is 3.70. The molecule has 1 amide bonds. The van der Waals surface area contributed by atoms with E-state index in [-0.39, 0.29) is 5.91 Å². The second-order valence-corrected chi connectivity index (χ2v) is 6.77. The minimum Gasteiger partial charge on any atom is -0.367 e. The second-order valence-electron chi connectivity index (χ2n) is 6.77. The van der Waals surface area contributed by atoms with Crippen LogP contribution in [0.4, 0.5) is 11.4 Å². The van der Waals surface area contributed by atoms with Crippen LogP contribution in [0.1, 0.15) is 28.4 Å². The van der Waals surface area contributed by atoms with Crippen LogP contribution in [0.3, 0.4) is 0 Å². The first-order valence-electron chi connectivity index (χ1n) is 9.03. The molecule has 25 heavy (non-hydrogen) atoms. The van der Waals surface area contributed by atoms with Crippen LogP contribution in [-0.2, 0) is 0 Å².